The minimum Gasteiger partial charge on any atom is -0.379 e. The highest BCUT2D eigenvalue weighted by atomic mass is 19.1. The second-order valence-electron chi connectivity index (χ2n) is 6.41. The van der Waals surface area contributed by atoms with Crippen LogP contribution < -0.4 is 0 Å². The molecule has 1 saturated heterocycles. The van der Waals surface area contributed by atoms with E-state index in [1.54, 1.807) is 24.3 Å². The predicted octanol–water partition coefficient (Wildman–Crippen LogP) is 2.82. The van der Waals surface area contributed by atoms with Crippen molar-refractivity contribution >= 4 is 23.0 Å². The van der Waals surface area contributed by atoms with Gasteiger partial charge >= 0.3 is 0 Å². The van der Waals surface area contributed by atoms with Crippen molar-refractivity contribution in [1.29, 1.82) is 0 Å². The number of halogens is 2. The Balaban J connectivity index is 1.86. The van der Waals surface area contributed by atoms with Crippen LogP contribution in [0, 0.1) is 11.6 Å². The molecule has 0 spiro atoms. The Morgan fingerprint density at radius 3 is 2.26 bits per heavy atom. The molecule has 1 aliphatic carbocycles. The molecule has 0 amide bonds. The zero-order valence-corrected chi connectivity index (χ0v) is 14.3. The molecule has 5 nitrogen and oxygen atoms in total. The summed E-state index contributed by atoms with van der Waals surface area (Å²) in [6, 6.07) is 8.43. The monoisotopic (exact) mass is 370 g/mol. The highest BCUT2D eigenvalue weighted by molar-refractivity contribution is 6.55. The van der Waals surface area contributed by atoms with Gasteiger partial charge < -0.3 is 4.74 Å². The van der Waals surface area contributed by atoms with E-state index in [0.29, 0.717) is 31.9 Å². The van der Waals surface area contributed by atoms with Crippen molar-refractivity contribution in [2.45, 2.75) is 6.04 Å². The van der Waals surface area contributed by atoms with Crippen molar-refractivity contribution < 1.29 is 23.1 Å². The molecule has 0 radical (unpaired) electrons. The number of carbonyl (C=O) groups excluding carboxylic acids is 2. The summed E-state index contributed by atoms with van der Waals surface area (Å²) in [7, 11) is 0. The first-order valence-corrected chi connectivity index (χ1v) is 8.59. The van der Waals surface area contributed by atoms with Gasteiger partial charge in [0.15, 0.2) is 5.78 Å². The summed E-state index contributed by atoms with van der Waals surface area (Å²) in [5, 5.41) is 0. The maximum atomic E-state index is 13.6. The Kier molecular flexibility index (Phi) is 4.63. The predicted molar refractivity (Wildman–Crippen MR) is 94.7 cm³/mol. The Labute approximate surface area is 154 Å². The second-order valence-corrected chi connectivity index (χ2v) is 6.41. The summed E-state index contributed by atoms with van der Waals surface area (Å²) in [4.78, 5) is 32.2. The van der Waals surface area contributed by atoms with Crippen molar-refractivity contribution in [2.24, 2.45) is 4.99 Å². The molecular formula is C20H16F2N2O3. The quantitative estimate of drug-likeness (QED) is 0.816. The van der Waals surface area contributed by atoms with Gasteiger partial charge in [0.2, 0.25) is 5.78 Å². The van der Waals surface area contributed by atoms with E-state index in [1.807, 2.05) is 4.90 Å². The van der Waals surface area contributed by atoms with E-state index in [4.69, 9.17) is 4.74 Å². The van der Waals surface area contributed by atoms with Crippen LogP contribution in [0.5, 0.6) is 0 Å². The number of aliphatic imine (C=N–C) groups is 1. The minimum absolute atomic E-state index is 0.0226. The molecule has 7 heteroatoms. The molecule has 2 aliphatic rings. The van der Waals surface area contributed by atoms with Gasteiger partial charge in [-0.2, -0.15) is 0 Å². The Morgan fingerprint density at radius 1 is 0.963 bits per heavy atom. The van der Waals surface area contributed by atoms with Crippen LogP contribution in [0.2, 0.25) is 0 Å². The topological polar surface area (TPSA) is 59.0 Å². The number of fused-ring (bicyclic) bond motifs is 1. The highest BCUT2D eigenvalue weighted by Crippen LogP contribution is 2.27. The molecule has 1 atom stereocenters. The van der Waals surface area contributed by atoms with Crippen LogP contribution in [-0.4, -0.2) is 54.5 Å². The second kappa shape index (κ2) is 7.09. The summed E-state index contributed by atoms with van der Waals surface area (Å²) in [6.07, 6.45) is 0. The SMILES string of the molecule is O=C1C(=Nc2cc(F)cc(F)c2)C(N2CCOCC2)C(=O)c2ccccc21. The van der Waals surface area contributed by atoms with Crippen molar-refractivity contribution in [1.82, 2.24) is 4.90 Å². The van der Waals surface area contributed by atoms with E-state index >= 15 is 0 Å². The number of rotatable bonds is 2. The Morgan fingerprint density at radius 2 is 1.59 bits per heavy atom. The van der Waals surface area contributed by atoms with Crippen LogP contribution in [0.25, 0.3) is 0 Å². The average molecular weight is 370 g/mol. The number of benzene rings is 2. The van der Waals surface area contributed by atoms with E-state index in [-0.39, 0.29) is 22.7 Å². The zero-order valence-electron chi connectivity index (χ0n) is 14.3. The maximum absolute atomic E-state index is 13.6. The third kappa shape index (κ3) is 3.31. The number of ether oxygens (including phenoxy) is 1. The lowest BCUT2D eigenvalue weighted by atomic mass is 9.83. The van der Waals surface area contributed by atoms with Gasteiger partial charge in [0.1, 0.15) is 23.4 Å². The Hall–Kier alpha value is -2.77. The van der Waals surface area contributed by atoms with Gasteiger partial charge in [-0.3, -0.25) is 14.5 Å². The van der Waals surface area contributed by atoms with Gasteiger partial charge in [0, 0.05) is 30.3 Å². The lowest BCUT2D eigenvalue weighted by Crippen LogP contribution is -2.55. The Bertz CT molecular complexity index is 932. The van der Waals surface area contributed by atoms with Crippen molar-refractivity contribution in [3.63, 3.8) is 0 Å². The van der Waals surface area contributed by atoms with E-state index < -0.39 is 23.5 Å². The fraction of sp³-hybridized carbons (Fsp3) is 0.250. The largest absolute Gasteiger partial charge is 0.379 e. The molecule has 0 saturated carbocycles. The third-order valence-corrected chi connectivity index (χ3v) is 4.68. The summed E-state index contributed by atoms with van der Waals surface area (Å²) in [5.74, 6) is -2.26. The lowest BCUT2D eigenvalue weighted by Gasteiger charge is -2.36. The molecule has 27 heavy (non-hydrogen) atoms. The van der Waals surface area contributed by atoms with E-state index in [2.05, 4.69) is 4.99 Å². The normalized spacial score (nSPS) is 22.1. The van der Waals surface area contributed by atoms with E-state index in [1.165, 1.54) is 0 Å². The number of Topliss-reactive ketones (excluding diaryl/α,β-unsaturated/α-hetero) is 2. The first kappa shape index (κ1) is 17.6. The molecule has 0 bridgehead atoms. The molecule has 0 aromatic heterocycles. The molecule has 1 heterocycles. The molecule has 1 unspecified atom stereocenters. The number of carbonyl (C=O) groups is 2. The van der Waals surface area contributed by atoms with Crippen LogP contribution in [0.1, 0.15) is 20.7 Å². The van der Waals surface area contributed by atoms with Crippen LogP contribution >= 0.6 is 0 Å². The molecule has 1 aliphatic heterocycles. The van der Waals surface area contributed by atoms with Crippen molar-refractivity contribution in [3.05, 3.63) is 65.2 Å². The van der Waals surface area contributed by atoms with Gasteiger partial charge in [-0.1, -0.05) is 24.3 Å². The number of hydrogen-bond donors (Lipinski definition) is 0. The van der Waals surface area contributed by atoms with Crippen LogP contribution in [0.3, 0.4) is 0 Å². The first-order valence-electron chi connectivity index (χ1n) is 8.59. The number of ketones is 2. The molecule has 2 aromatic carbocycles. The van der Waals surface area contributed by atoms with Gasteiger partial charge in [0.25, 0.3) is 0 Å². The highest BCUT2D eigenvalue weighted by Gasteiger charge is 2.42. The molecule has 4 rings (SSSR count). The molecule has 138 valence electrons. The van der Waals surface area contributed by atoms with E-state index in [9.17, 15) is 18.4 Å². The van der Waals surface area contributed by atoms with Crippen LogP contribution in [0.15, 0.2) is 47.5 Å². The lowest BCUT2D eigenvalue weighted by molar-refractivity contribution is 0.0278. The summed E-state index contributed by atoms with van der Waals surface area (Å²) < 4.78 is 32.4. The van der Waals surface area contributed by atoms with Crippen LogP contribution in [0.4, 0.5) is 14.5 Å². The van der Waals surface area contributed by atoms with Gasteiger partial charge in [-0.15, -0.1) is 0 Å². The molecule has 0 N–H and O–H groups in total. The number of hydrogen-bond acceptors (Lipinski definition) is 5. The maximum Gasteiger partial charge on any atom is 0.210 e. The minimum atomic E-state index is -0.900. The average Bonchev–Trinajstić information content (AvgIpc) is 2.66. The number of morpholine rings is 1. The summed E-state index contributed by atoms with van der Waals surface area (Å²) in [6.45, 7) is 1.79. The smallest absolute Gasteiger partial charge is 0.210 e. The fourth-order valence-electron chi connectivity index (χ4n) is 3.46. The summed E-state index contributed by atoms with van der Waals surface area (Å²) in [5.41, 5.74) is 0.526. The van der Waals surface area contributed by atoms with Gasteiger partial charge in [-0.25, -0.2) is 13.8 Å². The molecule has 2 aromatic rings. The third-order valence-electron chi connectivity index (χ3n) is 4.68. The molecule has 1 fully saturated rings. The van der Waals surface area contributed by atoms with Crippen molar-refractivity contribution in [2.75, 3.05) is 26.3 Å². The van der Waals surface area contributed by atoms with Crippen LogP contribution in [-0.2, 0) is 4.74 Å². The number of nitrogens with zero attached hydrogens (tertiary/aromatic N) is 2. The van der Waals surface area contributed by atoms with E-state index in [0.717, 1.165) is 18.2 Å². The first-order chi connectivity index (χ1) is 13.0. The van der Waals surface area contributed by atoms with Gasteiger partial charge in [-0.05, 0) is 12.1 Å². The fourth-order valence-corrected chi connectivity index (χ4v) is 3.46. The molecular weight excluding hydrogens is 354 g/mol. The van der Waals surface area contributed by atoms with Crippen molar-refractivity contribution in [3.8, 4) is 0 Å². The zero-order chi connectivity index (χ0) is 19.0. The summed E-state index contributed by atoms with van der Waals surface area (Å²) >= 11 is 0. The van der Waals surface area contributed by atoms with Gasteiger partial charge in [0.05, 0.1) is 18.9 Å². The standard InChI is InChI=1S/C20H16F2N2O3/c21-12-9-13(22)11-14(10-12)23-17-18(24-5-7-27-8-6-24)20(26)16-4-2-1-3-15(16)19(17)25/h1-4,9-11,18H,5-8H2.